The summed E-state index contributed by atoms with van der Waals surface area (Å²) in [7, 11) is 0. The molecule has 0 spiro atoms. The minimum atomic E-state index is 0.775. The molecule has 1 aromatic carbocycles. The lowest BCUT2D eigenvalue weighted by Crippen LogP contribution is -2.05. The molecule has 1 N–H and O–H groups in total. The number of hydrogen-bond donors (Lipinski definition) is 1. The van der Waals surface area contributed by atoms with Gasteiger partial charge in [-0.25, -0.2) is 4.98 Å². The maximum absolute atomic E-state index is 6.12. The van der Waals surface area contributed by atoms with Crippen molar-refractivity contribution in [2.45, 2.75) is 20.3 Å². The van der Waals surface area contributed by atoms with E-state index in [9.17, 15) is 0 Å². The van der Waals surface area contributed by atoms with Gasteiger partial charge in [0, 0.05) is 17.8 Å². The molecule has 0 fully saturated rings. The number of thiazole rings is 1. The van der Waals surface area contributed by atoms with E-state index in [0.29, 0.717) is 0 Å². The van der Waals surface area contributed by atoms with Crippen molar-refractivity contribution >= 4 is 28.6 Å². The maximum atomic E-state index is 6.12. The molecule has 1 aromatic heterocycles. The highest BCUT2D eigenvalue weighted by molar-refractivity contribution is 7.09. The van der Waals surface area contributed by atoms with Crippen molar-refractivity contribution in [3.63, 3.8) is 0 Å². The zero-order chi connectivity index (χ0) is 12.3. The van der Waals surface area contributed by atoms with Gasteiger partial charge in [-0.3, -0.25) is 0 Å². The van der Waals surface area contributed by atoms with Crippen LogP contribution in [0.3, 0.4) is 0 Å². The lowest BCUT2D eigenvalue weighted by atomic mass is 10.2. The number of benzene rings is 1. The second-order valence-corrected chi connectivity index (χ2v) is 5.37. The predicted molar refractivity (Wildman–Crippen MR) is 75.2 cm³/mol. The van der Waals surface area contributed by atoms with Crippen LogP contribution >= 0.6 is 22.9 Å². The summed E-state index contributed by atoms with van der Waals surface area (Å²) in [6.07, 6.45) is 0.987. The third-order valence-corrected chi connectivity index (χ3v) is 3.96. The minimum Gasteiger partial charge on any atom is -0.383 e. The standard InChI is InChI=1S/C13H15ClN2S/c1-9-3-4-11(14)12(7-9)15-6-5-13-10(2)16-8-17-13/h3-4,7-8,15H,5-6H2,1-2H3. The van der Waals surface area contributed by atoms with Crippen LogP contribution in [0.4, 0.5) is 5.69 Å². The number of halogens is 1. The molecule has 2 aromatic rings. The van der Waals surface area contributed by atoms with Gasteiger partial charge in [-0.05, 0) is 31.5 Å². The highest BCUT2D eigenvalue weighted by Crippen LogP contribution is 2.23. The van der Waals surface area contributed by atoms with Gasteiger partial charge in [-0.2, -0.15) is 0 Å². The van der Waals surface area contributed by atoms with Crippen molar-refractivity contribution in [1.82, 2.24) is 4.98 Å². The van der Waals surface area contributed by atoms with E-state index >= 15 is 0 Å². The summed E-state index contributed by atoms with van der Waals surface area (Å²) in [6, 6.07) is 6.01. The second kappa shape index (κ2) is 5.52. The van der Waals surface area contributed by atoms with Crippen molar-refractivity contribution in [3.8, 4) is 0 Å². The van der Waals surface area contributed by atoms with Gasteiger partial charge < -0.3 is 5.32 Å². The summed E-state index contributed by atoms with van der Waals surface area (Å²) in [6.45, 7) is 4.99. The van der Waals surface area contributed by atoms with E-state index in [0.717, 1.165) is 29.4 Å². The predicted octanol–water partition coefficient (Wildman–Crippen LogP) is 4.07. The fraction of sp³-hybridized carbons (Fsp3) is 0.308. The average Bonchev–Trinajstić information content (AvgIpc) is 2.70. The molecular weight excluding hydrogens is 252 g/mol. The molecule has 0 saturated carbocycles. The van der Waals surface area contributed by atoms with Crippen LogP contribution in [0.1, 0.15) is 16.1 Å². The number of nitrogens with zero attached hydrogens (tertiary/aromatic N) is 1. The maximum Gasteiger partial charge on any atom is 0.0797 e. The van der Waals surface area contributed by atoms with Crippen LogP contribution in [0.2, 0.25) is 5.02 Å². The van der Waals surface area contributed by atoms with Gasteiger partial charge in [-0.1, -0.05) is 17.7 Å². The highest BCUT2D eigenvalue weighted by atomic mass is 35.5. The second-order valence-electron chi connectivity index (χ2n) is 4.02. The van der Waals surface area contributed by atoms with Crippen LogP contribution in [0.5, 0.6) is 0 Å². The van der Waals surface area contributed by atoms with Gasteiger partial charge >= 0.3 is 0 Å². The number of anilines is 1. The SMILES string of the molecule is Cc1ccc(Cl)c(NCCc2scnc2C)c1. The summed E-state index contributed by atoms with van der Waals surface area (Å²) in [5, 5.41) is 4.14. The lowest BCUT2D eigenvalue weighted by molar-refractivity contribution is 1.02. The molecule has 0 aliphatic heterocycles. The largest absolute Gasteiger partial charge is 0.383 e. The van der Waals surface area contributed by atoms with Gasteiger partial charge in [0.05, 0.1) is 21.9 Å². The molecule has 0 radical (unpaired) electrons. The average molecular weight is 267 g/mol. The van der Waals surface area contributed by atoms with Gasteiger partial charge in [0.15, 0.2) is 0 Å². The van der Waals surface area contributed by atoms with Crippen LogP contribution in [-0.2, 0) is 6.42 Å². The lowest BCUT2D eigenvalue weighted by Gasteiger charge is -2.08. The van der Waals surface area contributed by atoms with E-state index in [4.69, 9.17) is 11.6 Å². The van der Waals surface area contributed by atoms with Crippen LogP contribution in [0.15, 0.2) is 23.7 Å². The molecule has 4 heteroatoms. The van der Waals surface area contributed by atoms with Crippen molar-refractivity contribution in [3.05, 3.63) is 44.9 Å². The molecule has 0 aliphatic carbocycles. The molecule has 0 amide bonds. The molecule has 1 heterocycles. The van der Waals surface area contributed by atoms with E-state index in [1.54, 1.807) is 11.3 Å². The fourth-order valence-corrected chi connectivity index (χ4v) is 2.62. The highest BCUT2D eigenvalue weighted by Gasteiger charge is 2.03. The first-order valence-corrected chi connectivity index (χ1v) is 6.81. The molecule has 0 unspecified atom stereocenters. The third-order valence-electron chi connectivity index (χ3n) is 2.63. The molecule has 0 aliphatic rings. The zero-order valence-electron chi connectivity index (χ0n) is 9.96. The molecule has 90 valence electrons. The molecule has 2 nitrogen and oxygen atoms in total. The van der Waals surface area contributed by atoms with Gasteiger partial charge in [-0.15, -0.1) is 11.3 Å². The monoisotopic (exact) mass is 266 g/mol. The summed E-state index contributed by atoms with van der Waals surface area (Å²) in [5.41, 5.74) is 5.25. The summed E-state index contributed by atoms with van der Waals surface area (Å²) in [4.78, 5) is 5.57. The number of hydrogen-bond acceptors (Lipinski definition) is 3. The van der Waals surface area contributed by atoms with E-state index in [1.807, 2.05) is 24.6 Å². The van der Waals surface area contributed by atoms with Crippen LogP contribution in [0, 0.1) is 13.8 Å². The first-order valence-electron chi connectivity index (χ1n) is 5.56. The number of aryl methyl sites for hydroxylation is 2. The third kappa shape index (κ3) is 3.20. The Morgan fingerprint density at radius 2 is 2.18 bits per heavy atom. The molecule has 0 bridgehead atoms. The van der Waals surface area contributed by atoms with E-state index in [1.165, 1.54) is 10.4 Å². The van der Waals surface area contributed by atoms with Crippen LogP contribution in [0.25, 0.3) is 0 Å². The Morgan fingerprint density at radius 3 is 2.88 bits per heavy atom. The Balaban J connectivity index is 1.94. The van der Waals surface area contributed by atoms with Gasteiger partial charge in [0.1, 0.15) is 0 Å². The number of nitrogens with one attached hydrogen (secondary N) is 1. The topological polar surface area (TPSA) is 24.9 Å². The first-order chi connectivity index (χ1) is 8.16. The Labute approximate surface area is 111 Å². The molecule has 17 heavy (non-hydrogen) atoms. The Hall–Kier alpha value is -1.06. The summed E-state index contributed by atoms with van der Waals surface area (Å²) < 4.78 is 0. The normalized spacial score (nSPS) is 10.5. The summed E-state index contributed by atoms with van der Waals surface area (Å²) >= 11 is 7.82. The molecule has 0 saturated heterocycles. The number of rotatable bonds is 4. The fourth-order valence-electron chi connectivity index (χ4n) is 1.65. The Bertz CT molecular complexity index is 508. The van der Waals surface area contributed by atoms with Crippen molar-refractivity contribution in [2.75, 3.05) is 11.9 Å². The Kier molecular flexibility index (Phi) is 4.02. The minimum absolute atomic E-state index is 0.775. The van der Waals surface area contributed by atoms with Crippen LogP contribution < -0.4 is 5.32 Å². The van der Waals surface area contributed by atoms with Crippen molar-refractivity contribution in [1.29, 1.82) is 0 Å². The van der Waals surface area contributed by atoms with E-state index < -0.39 is 0 Å². The van der Waals surface area contributed by atoms with Crippen LogP contribution in [-0.4, -0.2) is 11.5 Å². The number of aromatic nitrogens is 1. The molecule has 2 rings (SSSR count). The van der Waals surface area contributed by atoms with E-state index in [2.05, 4.69) is 23.3 Å². The first kappa shape index (κ1) is 12.4. The zero-order valence-corrected chi connectivity index (χ0v) is 11.5. The van der Waals surface area contributed by atoms with Gasteiger partial charge in [0.2, 0.25) is 0 Å². The molecular formula is C13H15ClN2S. The smallest absolute Gasteiger partial charge is 0.0797 e. The summed E-state index contributed by atoms with van der Waals surface area (Å²) in [5.74, 6) is 0. The van der Waals surface area contributed by atoms with E-state index in [-0.39, 0.29) is 0 Å². The van der Waals surface area contributed by atoms with Crippen molar-refractivity contribution < 1.29 is 0 Å². The van der Waals surface area contributed by atoms with Crippen molar-refractivity contribution in [2.24, 2.45) is 0 Å². The molecule has 0 atom stereocenters. The Morgan fingerprint density at radius 1 is 1.35 bits per heavy atom. The quantitative estimate of drug-likeness (QED) is 0.902. The van der Waals surface area contributed by atoms with Gasteiger partial charge in [0.25, 0.3) is 0 Å².